The number of hydrogen-bond donors (Lipinski definition) is 3. The third kappa shape index (κ3) is 3.81. The molecule has 2 rings (SSSR count). The molecule has 0 spiro atoms. The number of aliphatic carboxylic acids is 1. The lowest BCUT2D eigenvalue weighted by Crippen LogP contribution is -2.66. The highest BCUT2D eigenvalue weighted by Crippen LogP contribution is 2.24. The minimum absolute atomic E-state index is 0.0803. The Morgan fingerprint density at radius 1 is 1.42 bits per heavy atom. The molecule has 2 aliphatic rings. The SMILES string of the molecule is CC1(OCC(=O)O)CN(C(=O)NC2CCNCC2)C1. The first-order chi connectivity index (χ1) is 8.98. The number of carboxylic acid groups (broad SMARTS) is 1. The number of hydrogen-bond acceptors (Lipinski definition) is 4. The van der Waals surface area contributed by atoms with Gasteiger partial charge in [0.1, 0.15) is 12.2 Å². The number of piperidine rings is 1. The van der Waals surface area contributed by atoms with E-state index in [9.17, 15) is 9.59 Å². The van der Waals surface area contributed by atoms with Crippen molar-refractivity contribution in [3.05, 3.63) is 0 Å². The van der Waals surface area contributed by atoms with Crippen LogP contribution in [0, 0.1) is 0 Å². The maximum atomic E-state index is 11.9. The van der Waals surface area contributed by atoms with Gasteiger partial charge in [0.05, 0.1) is 13.1 Å². The molecule has 19 heavy (non-hydrogen) atoms. The van der Waals surface area contributed by atoms with Crippen LogP contribution in [0.1, 0.15) is 19.8 Å². The van der Waals surface area contributed by atoms with Crippen LogP contribution in [0.4, 0.5) is 4.79 Å². The number of amides is 2. The summed E-state index contributed by atoms with van der Waals surface area (Å²) in [6.45, 7) is 4.26. The van der Waals surface area contributed by atoms with Crippen LogP contribution in [-0.2, 0) is 9.53 Å². The Morgan fingerprint density at radius 2 is 2.05 bits per heavy atom. The van der Waals surface area contributed by atoms with Gasteiger partial charge in [0.2, 0.25) is 0 Å². The Labute approximate surface area is 112 Å². The molecule has 0 radical (unpaired) electrons. The van der Waals surface area contributed by atoms with E-state index in [1.807, 2.05) is 6.92 Å². The van der Waals surface area contributed by atoms with E-state index in [2.05, 4.69) is 10.6 Å². The van der Waals surface area contributed by atoms with Crippen LogP contribution >= 0.6 is 0 Å². The molecule has 2 fully saturated rings. The number of carboxylic acids is 1. The fraction of sp³-hybridized carbons (Fsp3) is 0.833. The zero-order valence-corrected chi connectivity index (χ0v) is 11.1. The summed E-state index contributed by atoms with van der Waals surface area (Å²) in [6.07, 6.45) is 1.90. The first-order valence-electron chi connectivity index (χ1n) is 6.60. The molecular formula is C12H21N3O4. The summed E-state index contributed by atoms with van der Waals surface area (Å²) < 4.78 is 5.27. The molecule has 0 saturated carbocycles. The van der Waals surface area contributed by atoms with E-state index in [0.29, 0.717) is 13.1 Å². The van der Waals surface area contributed by atoms with Gasteiger partial charge < -0.3 is 25.4 Å². The van der Waals surface area contributed by atoms with Gasteiger partial charge in [0.25, 0.3) is 0 Å². The summed E-state index contributed by atoms with van der Waals surface area (Å²) in [5.74, 6) is -0.987. The van der Waals surface area contributed by atoms with Gasteiger partial charge in [-0.3, -0.25) is 0 Å². The van der Waals surface area contributed by atoms with E-state index in [-0.39, 0.29) is 18.7 Å². The quantitative estimate of drug-likeness (QED) is 0.648. The van der Waals surface area contributed by atoms with Gasteiger partial charge in [-0.05, 0) is 32.9 Å². The lowest BCUT2D eigenvalue weighted by molar-refractivity contribution is -0.159. The number of rotatable bonds is 4. The van der Waals surface area contributed by atoms with Crippen molar-refractivity contribution < 1.29 is 19.4 Å². The predicted molar refractivity (Wildman–Crippen MR) is 68.0 cm³/mol. The zero-order chi connectivity index (χ0) is 13.9. The van der Waals surface area contributed by atoms with Crippen molar-refractivity contribution >= 4 is 12.0 Å². The highest BCUT2D eigenvalue weighted by atomic mass is 16.5. The molecule has 2 heterocycles. The minimum atomic E-state index is -0.987. The van der Waals surface area contributed by atoms with Crippen molar-refractivity contribution in [3.63, 3.8) is 0 Å². The molecule has 0 unspecified atom stereocenters. The molecule has 0 aliphatic carbocycles. The minimum Gasteiger partial charge on any atom is -0.480 e. The van der Waals surface area contributed by atoms with Crippen LogP contribution in [0.3, 0.4) is 0 Å². The van der Waals surface area contributed by atoms with E-state index in [0.717, 1.165) is 25.9 Å². The van der Waals surface area contributed by atoms with Crippen LogP contribution in [0.15, 0.2) is 0 Å². The molecule has 0 aromatic rings. The molecule has 0 aromatic heterocycles. The van der Waals surface area contributed by atoms with Crippen molar-refractivity contribution in [3.8, 4) is 0 Å². The normalized spacial score (nSPS) is 22.7. The summed E-state index contributed by atoms with van der Waals surface area (Å²) in [6, 6.07) is 0.156. The molecule has 7 nitrogen and oxygen atoms in total. The van der Waals surface area contributed by atoms with Crippen LogP contribution in [0.2, 0.25) is 0 Å². The number of urea groups is 1. The van der Waals surface area contributed by atoms with E-state index in [1.54, 1.807) is 4.90 Å². The Morgan fingerprint density at radius 3 is 2.63 bits per heavy atom. The van der Waals surface area contributed by atoms with Crippen molar-refractivity contribution in [2.45, 2.75) is 31.4 Å². The molecule has 0 bridgehead atoms. The standard InChI is InChI=1S/C12H21N3O4/c1-12(19-6-10(16)17)7-15(8-12)11(18)14-9-2-4-13-5-3-9/h9,13H,2-8H2,1H3,(H,14,18)(H,16,17). The van der Waals surface area contributed by atoms with Gasteiger partial charge in [0, 0.05) is 6.04 Å². The second kappa shape index (κ2) is 5.75. The second-order valence-corrected chi connectivity index (χ2v) is 5.46. The molecule has 2 amide bonds. The van der Waals surface area contributed by atoms with Gasteiger partial charge in [-0.2, -0.15) is 0 Å². The van der Waals surface area contributed by atoms with Gasteiger partial charge in [-0.15, -0.1) is 0 Å². The fourth-order valence-electron chi connectivity index (χ4n) is 2.46. The number of nitrogens with one attached hydrogen (secondary N) is 2. The van der Waals surface area contributed by atoms with E-state index in [4.69, 9.17) is 9.84 Å². The fourth-order valence-corrected chi connectivity index (χ4v) is 2.46. The van der Waals surface area contributed by atoms with Crippen molar-refractivity contribution in [2.75, 3.05) is 32.8 Å². The Hall–Kier alpha value is -1.34. The number of nitrogens with zero attached hydrogens (tertiary/aromatic N) is 1. The zero-order valence-electron chi connectivity index (χ0n) is 11.1. The average molecular weight is 271 g/mol. The maximum Gasteiger partial charge on any atom is 0.329 e. The van der Waals surface area contributed by atoms with Crippen LogP contribution in [0.25, 0.3) is 0 Å². The van der Waals surface area contributed by atoms with Crippen LogP contribution < -0.4 is 10.6 Å². The highest BCUT2D eigenvalue weighted by Gasteiger charge is 2.43. The summed E-state index contributed by atoms with van der Waals surface area (Å²) >= 11 is 0. The van der Waals surface area contributed by atoms with Crippen LogP contribution in [0.5, 0.6) is 0 Å². The second-order valence-electron chi connectivity index (χ2n) is 5.46. The first-order valence-corrected chi connectivity index (χ1v) is 6.60. The smallest absolute Gasteiger partial charge is 0.329 e. The van der Waals surface area contributed by atoms with Gasteiger partial charge >= 0.3 is 12.0 Å². The summed E-state index contributed by atoms with van der Waals surface area (Å²) in [5, 5.41) is 14.8. The highest BCUT2D eigenvalue weighted by molar-refractivity contribution is 5.76. The third-order valence-electron chi connectivity index (χ3n) is 3.55. The van der Waals surface area contributed by atoms with E-state index < -0.39 is 11.6 Å². The molecule has 2 aliphatic heterocycles. The molecule has 0 atom stereocenters. The number of ether oxygens (including phenoxy) is 1. The first kappa shape index (κ1) is 14.1. The molecular weight excluding hydrogens is 250 g/mol. The van der Waals surface area contributed by atoms with Crippen LogP contribution in [-0.4, -0.2) is 66.4 Å². The monoisotopic (exact) mass is 271 g/mol. The Balaban J connectivity index is 1.70. The molecule has 0 aromatic carbocycles. The summed E-state index contributed by atoms with van der Waals surface area (Å²) in [5.41, 5.74) is -0.524. The van der Waals surface area contributed by atoms with Crippen molar-refractivity contribution in [1.82, 2.24) is 15.5 Å². The molecule has 2 saturated heterocycles. The third-order valence-corrected chi connectivity index (χ3v) is 3.55. The topological polar surface area (TPSA) is 90.9 Å². The van der Waals surface area contributed by atoms with Crippen molar-refractivity contribution in [2.24, 2.45) is 0 Å². The molecule has 7 heteroatoms. The summed E-state index contributed by atoms with van der Waals surface area (Å²) in [4.78, 5) is 24.0. The number of carbonyl (C=O) groups is 2. The Bertz CT molecular complexity index is 349. The maximum absolute atomic E-state index is 11.9. The Kier molecular flexibility index (Phi) is 4.26. The van der Waals surface area contributed by atoms with E-state index in [1.165, 1.54) is 0 Å². The predicted octanol–water partition coefficient (Wildman–Crippen LogP) is -0.376. The number of carbonyl (C=O) groups excluding carboxylic acids is 1. The van der Waals surface area contributed by atoms with Gasteiger partial charge in [0.15, 0.2) is 0 Å². The number of likely N-dealkylation sites (tertiary alicyclic amines) is 1. The van der Waals surface area contributed by atoms with Crippen molar-refractivity contribution in [1.29, 1.82) is 0 Å². The molecule has 108 valence electrons. The average Bonchev–Trinajstić information content (AvgIpc) is 2.34. The van der Waals surface area contributed by atoms with Gasteiger partial charge in [-0.25, -0.2) is 9.59 Å². The lowest BCUT2D eigenvalue weighted by Gasteiger charge is -2.47. The van der Waals surface area contributed by atoms with E-state index >= 15 is 0 Å². The largest absolute Gasteiger partial charge is 0.480 e. The summed E-state index contributed by atoms with van der Waals surface area (Å²) in [7, 11) is 0. The molecule has 3 N–H and O–H groups in total. The van der Waals surface area contributed by atoms with Gasteiger partial charge in [-0.1, -0.05) is 0 Å². The lowest BCUT2D eigenvalue weighted by atomic mass is 9.97.